The predicted molar refractivity (Wildman–Crippen MR) is 256 cm³/mol. The Morgan fingerprint density at radius 3 is 1.47 bits per heavy atom. The van der Waals surface area contributed by atoms with Crippen molar-refractivity contribution < 1.29 is 8.83 Å². The fourth-order valence-electron chi connectivity index (χ4n) is 10.5. The molecule has 0 amide bonds. The fraction of sp³-hybridized carbons (Fsp3) is 0.103. The van der Waals surface area contributed by atoms with E-state index in [9.17, 15) is 0 Å². The molecule has 0 saturated heterocycles. The van der Waals surface area contributed by atoms with Crippen LogP contribution in [0.3, 0.4) is 0 Å². The third kappa shape index (κ3) is 5.32. The normalized spacial score (nSPS) is 14.1. The molecule has 4 heteroatoms. The van der Waals surface area contributed by atoms with Crippen LogP contribution in [-0.4, -0.2) is 0 Å². The third-order valence-corrected chi connectivity index (χ3v) is 13.4. The van der Waals surface area contributed by atoms with E-state index in [4.69, 9.17) is 8.83 Å². The number of anilines is 6. The number of rotatable bonds is 7. The zero-order valence-electron chi connectivity index (χ0n) is 35.2. The fourth-order valence-corrected chi connectivity index (χ4v) is 10.5. The average molecular weight is 801 g/mol. The number of hydrogen-bond acceptors (Lipinski definition) is 4. The van der Waals surface area contributed by atoms with Crippen LogP contribution in [0.1, 0.15) is 49.9 Å². The molecule has 0 bridgehead atoms. The van der Waals surface area contributed by atoms with Crippen molar-refractivity contribution in [2.45, 2.75) is 38.5 Å². The topological polar surface area (TPSA) is 32.8 Å². The van der Waals surface area contributed by atoms with Crippen LogP contribution in [0, 0.1) is 0 Å². The van der Waals surface area contributed by atoms with E-state index in [-0.39, 0.29) is 10.8 Å². The van der Waals surface area contributed by atoms with Gasteiger partial charge in [-0.3, -0.25) is 0 Å². The maximum atomic E-state index is 7.15. The summed E-state index contributed by atoms with van der Waals surface area (Å²) in [6, 6.07) is 69.4. The van der Waals surface area contributed by atoms with Crippen LogP contribution >= 0.6 is 0 Å². The number of para-hydroxylation sites is 4. The van der Waals surface area contributed by atoms with Gasteiger partial charge < -0.3 is 18.6 Å². The van der Waals surface area contributed by atoms with Gasteiger partial charge in [0, 0.05) is 77.9 Å². The van der Waals surface area contributed by atoms with Gasteiger partial charge >= 0.3 is 0 Å². The molecule has 2 aliphatic rings. The second kappa shape index (κ2) is 13.5. The van der Waals surface area contributed by atoms with Gasteiger partial charge in [0.05, 0.1) is 5.69 Å². The third-order valence-electron chi connectivity index (χ3n) is 13.4. The van der Waals surface area contributed by atoms with Gasteiger partial charge in [-0.1, -0.05) is 131 Å². The summed E-state index contributed by atoms with van der Waals surface area (Å²) in [7, 11) is 0. The van der Waals surface area contributed by atoms with Crippen LogP contribution in [0.2, 0.25) is 0 Å². The molecule has 0 aliphatic heterocycles. The molecule has 298 valence electrons. The minimum Gasteiger partial charge on any atom is -0.456 e. The lowest BCUT2D eigenvalue weighted by Crippen LogP contribution is -2.23. The molecule has 8 aromatic carbocycles. The maximum Gasteiger partial charge on any atom is 0.139 e. The highest BCUT2D eigenvalue weighted by Crippen LogP contribution is 2.62. The van der Waals surface area contributed by atoms with Gasteiger partial charge in [0.2, 0.25) is 0 Å². The molecular weight excluding hydrogens is 757 g/mol. The summed E-state index contributed by atoms with van der Waals surface area (Å²) in [5.74, 6) is 1.98. The molecule has 10 aromatic rings. The molecule has 0 fully saturated rings. The number of benzene rings is 8. The summed E-state index contributed by atoms with van der Waals surface area (Å²) in [6.45, 7) is 9.49. The van der Waals surface area contributed by atoms with Crippen LogP contribution < -0.4 is 9.80 Å². The van der Waals surface area contributed by atoms with Gasteiger partial charge in [0.1, 0.15) is 22.7 Å². The molecule has 0 radical (unpaired) electrons. The number of hydrogen-bond donors (Lipinski definition) is 0. The van der Waals surface area contributed by atoms with E-state index in [2.05, 4.69) is 219 Å². The summed E-state index contributed by atoms with van der Waals surface area (Å²) in [4.78, 5) is 4.76. The summed E-state index contributed by atoms with van der Waals surface area (Å²) in [5, 5.41) is 2.20. The highest BCUT2D eigenvalue weighted by atomic mass is 16.3. The van der Waals surface area contributed by atoms with E-state index >= 15 is 0 Å². The van der Waals surface area contributed by atoms with E-state index in [0.717, 1.165) is 78.7 Å². The van der Waals surface area contributed by atoms with E-state index < -0.39 is 0 Å². The summed E-state index contributed by atoms with van der Waals surface area (Å²) in [5.41, 5.74) is 17.5. The van der Waals surface area contributed by atoms with Gasteiger partial charge in [0.15, 0.2) is 0 Å². The Morgan fingerprint density at radius 2 is 0.839 bits per heavy atom. The van der Waals surface area contributed by atoms with Crippen molar-refractivity contribution >= 4 is 56.1 Å². The SMILES string of the molecule is CC1(C)c2cc(N(c3ccccc3)c3ccccc3)ccc2-c2oc3c(c21)C(C)(C)c1cc(N(c2ccc4oc5ccccc5c4c2)c2ccccc2-c2ccccc2)ccc1-3. The first kappa shape index (κ1) is 36.3. The molecule has 4 nitrogen and oxygen atoms in total. The second-order valence-corrected chi connectivity index (χ2v) is 17.7. The minimum atomic E-state index is -0.338. The molecule has 0 unspecified atom stereocenters. The highest BCUT2D eigenvalue weighted by molar-refractivity contribution is 6.07. The molecule has 0 saturated carbocycles. The first-order valence-corrected chi connectivity index (χ1v) is 21.5. The summed E-state index contributed by atoms with van der Waals surface area (Å²) >= 11 is 0. The van der Waals surface area contributed by atoms with Crippen molar-refractivity contribution in [3.8, 4) is 33.8 Å². The Kier molecular flexibility index (Phi) is 7.89. The quantitative estimate of drug-likeness (QED) is 0.161. The Hall–Kier alpha value is -7.56. The van der Waals surface area contributed by atoms with Crippen molar-refractivity contribution in [1.82, 2.24) is 0 Å². The predicted octanol–water partition coefficient (Wildman–Crippen LogP) is 16.4. The summed E-state index contributed by atoms with van der Waals surface area (Å²) in [6.07, 6.45) is 0. The molecule has 0 atom stereocenters. The first-order valence-electron chi connectivity index (χ1n) is 21.5. The number of furan rings is 2. The molecule has 0 spiro atoms. The van der Waals surface area contributed by atoms with E-state index in [1.165, 1.54) is 33.4 Å². The van der Waals surface area contributed by atoms with Crippen LogP contribution in [-0.2, 0) is 10.8 Å². The number of fused-ring (bicyclic) bond motifs is 10. The standard InChI is InChI=1S/C58H44N2O2/c1-57(2)48-35-41(59(38-20-10-6-11-21-38)39-22-12-7-13-23-39)28-31-45(48)55-53(57)54-56(62-55)46-32-29-42(36-49(46)58(54,3)4)60(50-26-16-14-24-43(50)37-18-8-5-9-19-37)40-30-33-52-47(34-40)44-25-15-17-27-51(44)61-52/h5-36H,1-4H3. The van der Waals surface area contributed by atoms with Gasteiger partial charge in [-0.15, -0.1) is 0 Å². The molecule has 62 heavy (non-hydrogen) atoms. The lowest BCUT2D eigenvalue weighted by atomic mass is 9.74. The lowest BCUT2D eigenvalue weighted by molar-refractivity contribution is 0.592. The molecule has 0 N–H and O–H groups in total. The molecule has 12 rings (SSSR count). The van der Waals surface area contributed by atoms with Gasteiger partial charge in [-0.05, 0) is 108 Å². The van der Waals surface area contributed by atoms with Crippen LogP contribution in [0.4, 0.5) is 34.1 Å². The van der Waals surface area contributed by atoms with Crippen molar-refractivity contribution in [3.63, 3.8) is 0 Å². The minimum absolute atomic E-state index is 0.303. The van der Waals surface area contributed by atoms with E-state index in [1.54, 1.807) is 0 Å². The zero-order valence-corrected chi connectivity index (χ0v) is 35.2. The van der Waals surface area contributed by atoms with Gasteiger partial charge in [-0.2, -0.15) is 0 Å². The van der Waals surface area contributed by atoms with Gasteiger partial charge in [0.25, 0.3) is 0 Å². The average Bonchev–Trinajstić information content (AvgIpc) is 4.01. The van der Waals surface area contributed by atoms with Crippen molar-refractivity contribution in [1.29, 1.82) is 0 Å². The molecule has 2 aliphatic carbocycles. The molecular formula is C58H44N2O2. The monoisotopic (exact) mass is 800 g/mol. The zero-order chi connectivity index (χ0) is 41.7. The Balaban J connectivity index is 0.992. The van der Waals surface area contributed by atoms with Crippen LogP contribution in [0.25, 0.3) is 55.7 Å². The van der Waals surface area contributed by atoms with E-state index in [1.807, 2.05) is 12.1 Å². The second-order valence-electron chi connectivity index (χ2n) is 17.7. The Morgan fingerprint density at radius 1 is 0.355 bits per heavy atom. The smallest absolute Gasteiger partial charge is 0.139 e. The van der Waals surface area contributed by atoms with E-state index in [0.29, 0.717) is 0 Å². The largest absolute Gasteiger partial charge is 0.456 e. The van der Waals surface area contributed by atoms with Gasteiger partial charge in [-0.25, -0.2) is 0 Å². The van der Waals surface area contributed by atoms with Crippen LogP contribution in [0.15, 0.2) is 203 Å². The lowest BCUT2D eigenvalue weighted by Gasteiger charge is -2.31. The van der Waals surface area contributed by atoms with Crippen molar-refractivity contribution in [2.24, 2.45) is 0 Å². The highest BCUT2D eigenvalue weighted by Gasteiger charge is 2.50. The Bertz CT molecular complexity index is 3320. The Labute approximate surface area is 361 Å². The maximum absolute atomic E-state index is 7.15. The van der Waals surface area contributed by atoms with Crippen LogP contribution in [0.5, 0.6) is 0 Å². The molecule has 2 aromatic heterocycles. The molecule has 2 heterocycles. The summed E-state index contributed by atoms with van der Waals surface area (Å²) < 4.78 is 13.5. The van der Waals surface area contributed by atoms with Crippen molar-refractivity contribution in [2.75, 3.05) is 9.80 Å². The van der Waals surface area contributed by atoms with Crippen molar-refractivity contribution in [3.05, 3.63) is 216 Å². The number of nitrogens with zero attached hydrogens (tertiary/aromatic N) is 2. The first-order chi connectivity index (χ1) is 30.3.